The van der Waals surface area contributed by atoms with E-state index in [0.717, 1.165) is 6.07 Å². The van der Waals surface area contributed by atoms with Crippen molar-refractivity contribution in [3.63, 3.8) is 0 Å². The third-order valence-corrected chi connectivity index (χ3v) is 3.95. The molecule has 0 heterocycles. The number of anilines is 1. The van der Waals surface area contributed by atoms with E-state index in [1.54, 1.807) is 30.3 Å². The van der Waals surface area contributed by atoms with Crippen molar-refractivity contribution in [2.75, 3.05) is 5.32 Å². The van der Waals surface area contributed by atoms with E-state index in [2.05, 4.69) is 5.32 Å². The quantitative estimate of drug-likeness (QED) is 0.716. The Morgan fingerprint density at radius 1 is 1.15 bits per heavy atom. The van der Waals surface area contributed by atoms with E-state index >= 15 is 0 Å². The maximum atomic E-state index is 14.3. The average Bonchev–Trinajstić information content (AvgIpc) is 2.58. The van der Waals surface area contributed by atoms with Crippen LogP contribution in [0.15, 0.2) is 42.5 Å². The first kappa shape index (κ1) is 19.4. The molecule has 0 radical (unpaired) electrons. The molecule has 0 aromatic heterocycles. The third-order valence-electron chi connectivity index (χ3n) is 3.64. The molecule has 0 fully saturated rings. The summed E-state index contributed by atoms with van der Waals surface area (Å²) in [5.74, 6) is -2.03. The second-order valence-electron chi connectivity index (χ2n) is 5.52. The van der Waals surface area contributed by atoms with Crippen molar-refractivity contribution in [1.82, 2.24) is 5.32 Å². The Morgan fingerprint density at radius 3 is 2.42 bits per heavy atom. The number of hydrogen-bond donors (Lipinski definition) is 3. The lowest BCUT2D eigenvalue weighted by atomic mass is 9.98. The summed E-state index contributed by atoms with van der Waals surface area (Å²) in [6.45, 7) is 1.34. The number of hydrogen-bond acceptors (Lipinski definition) is 3. The fourth-order valence-electron chi connectivity index (χ4n) is 2.32. The normalized spacial score (nSPS) is 11.5. The molecule has 0 unspecified atom stereocenters. The summed E-state index contributed by atoms with van der Waals surface area (Å²) in [6, 6.07) is 9.72. The molecular weight excluding hydrogens is 363 g/mol. The van der Waals surface area contributed by atoms with Gasteiger partial charge in [-0.1, -0.05) is 29.8 Å². The van der Waals surface area contributed by atoms with E-state index in [-0.39, 0.29) is 16.1 Å². The Morgan fingerprint density at radius 2 is 1.81 bits per heavy atom. The highest BCUT2D eigenvalue weighted by atomic mass is 35.5. The molecule has 2 aromatic carbocycles. The molecule has 6 nitrogen and oxygen atoms in total. The Bertz CT molecular complexity index is 843. The Kier molecular flexibility index (Phi) is 6.30. The van der Waals surface area contributed by atoms with Crippen LogP contribution in [0.25, 0.3) is 0 Å². The van der Waals surface area contributed by atoms with Gasteiger partial charge < -0.3 is 15.7 Å². The summed E-state index contributed by atoms with van der Waals surface area (Å²) in [7, 11) is 0. The zero-order chi connectivity index (χ0) is 19.3. The predicted molar refractivity (Wildman–Crippen MR) is 95.1 cm³/mol. The minimum absolute atomic E-state index is 0.0125. The topological polar surface area (TPSA) is 95.5 Å². The molecule has 0 bridgehead atoms. The number of carboxylic acid groups (broad SMARTS) is 1. The fourth-order valence-corrected chi connectivity index (χ4v) is 2.58. The number of nitrogens with one attached hydrogen (secondary N) is 2. The Labute approximate surface area is 154 Å². The maximum Gasteiger partial charge on any atom is 0.405 e. The van der Waals surface area contributed by atoms with Gasteiger partial charge in [0.1, 0.15) is 5.82 Å². The van der Waals surface area contributed by atoms with Crippen molar-refractivity contribution in [1.29, 1.82) is 0 Å². The number of carbonyl (C=O) groups excluding carboxylic acids is 2. The predicted octanol–water partition coefficient (Wildman–Crippen LogP) is 3.50. The van der Waals surface area contributed by atoms with E-state index in [9.17, 15) is 18.8 Å². The van der Waals surface area contributed by atoms with Crippen LogP contribution in [0.2, 0.25) is 5.02 Å². The molecule has 26 heavy (non-hydrogen) atoms. The second kappa shape index (κ2) is 8.44. The number of benzene rings is 2. The second-order valence-corrected chi connectivity index (χ2v) is 5.92. The molecule has 3 N–H and O–H groups in total. The van der Waals surface area contributed by atoms with Crippen LogP contribution < -0.4 is 10.6 Å². The minimum Gasteiger partial charge on any atom is -0.465 e. The van der Waals surface area contributed by atoms with E-state index in [4.69, 9.17) is 16.7 Å². The van der Waals surface area contributed by atoms with E-state index in [1.807, 2.05) is 5.32 Å². The molecule has 0 aliphatic rings. The number of rotatable bonds is 6. The van der Waals surface area contributed by atoms with Gasteiger partial charge in [-0.25, -0.2) is 9.18 Å². The van der Waals surface area contributed by atoms with E-state index < -0.39 is 36.1 Å². The SMILES string of the molecule is C[C@H](NC(=O)O)C(=O)Cc1c(F)ccc(Cl)c1C(=O)Nc1ccccc1. The molecule has 0 saturated heterocycles. The van der Waals surface area contributed by atoms with Crippen molar-refractivity contribution in [2.24, 2.45) is 0 Å². The average molecular weight is 379 g/mol. The summed E-state index contributed by atoms with van der Waals surface area (Å²) in [4.78, 5) is 35.4. The Balaban J connectivity index is 2.31. The van der Waals surface area contributed by atoms with Crippen LogP contribution in [0.4, 0.5) is 14.9 Å². The van der Waals surface area contributed by atoms with Gasteiger partial charge in [0, 0.05) is 17.7 Å². The lowest BCUT2D eigenvalue weighted by molar-refractivity contribution is -0.120. The molecule has 0 aliphatic carbocycles. The molecule has 2 amide bonds. The number of para-hydroxylation sites is 1. The molecule has 2 aromatic rings. The smallest absolute Gasteiger partial charge is 0.405 e. The maximum absolute atomic E-state index is 14.3. The van der Waals surface area contributed by atoms with Gasteiger partial charge in [-0.05, 0) is 31.2 Å². The summed E-state index contributed by atoms with van der Waals surface area (Å²) in [6.07, 6.45) is -1.86. The van der Waals surface area contributed by atoms with Crippen molar-refractivity contribution in [2.45, 2.75) is 19.4 Å². The molecule has 0 spiro atoms. The van der Waals surface area contributed by atoms with Gasteiger partial charge in [0.25, 0.3) is 5.91 Å². The zero-order valence-corrected chi connectivity index (χ0v) is 14.5. The largest absolute Gasteiger partial charge is 0.465 e. The van der Waals surface area contributed by atoms with Gasteiger partial charge in [-0.2, -0.15) is 0 Å². The van der Waals surface area contributed by atoms with Gasteiger partial charge >= 0.3 is 6.09 Å². The van der Waals surface area contributed by atoms with Gasteiger partial charge in [-0.15, -0.1) is 0 Å². The van der Waals surface area contributed by atoms with E-state index in [1.165, 1.54) is 13.0 Å². The van der Waals surface area contributed by atoms with Crippen molar-refractivity contribution >= 4 is 35.1 Å². The molecule has 2 rings (SSSR count). The number of halogens is 2. The van der Waals surface area contributed by atoms with E-state index in [0.29, 0.717) is 5.69 Å². The van der Waals surface area contributed by atoms with Crippen molar-refractivity contribution < 1.29 is 23.9 Å². The van der Waals surface area contributed by atoms with Crippen LogP contribution in [0.3, 0.4) is 0 Å². The van der Waals surface area contributed by atoms with Gasteiger partial charge in [0.15, 0.2) is 5.78 Å². The van der Waals surface area contributed by atoms with Crippen LogP contribution >= 0.6 is 11.6 Å². The first-order valence-corrected chi connectivity index (χ1v) is 8.03. The monoisotopic (exact) mass is 378 g/mol. The summed E-state index contributed by atoms with van der Waals surface area (Å²) >= 11 is 6.06. The number of Topliss-reactive ketones (excluding diaryl/α,β-unsaturated/α-hetero) is 1. The standard InChI is InChI=1S/C18H16ClFN2O4/c1-10(21-18(25)26)15(23)9-12-14(20)8-7-13(19)16(12)17(24)22-11-5-3-2-4-6-11/h2-8,10,21H,9H2,1H3,(H,22,24)(H,25,26)/t10-/m0/s1. The molecule has 136 valence electrons. The highest BCUT2D eigenvalue weighted by Crippen LogP contribution is 2.25. The lowest BCUT2D eigenvalue weighted by Crippen LogP contribution is -2.38. The van der Waals surface area contributed by atoms with Gasteiger partial charge in [0.2, 0.25) is 0 Å². The number of ketones is 1. The van der Waals surface area contributed by atoms with Crippen LogP contribution in [-0.4, -0.2) is 28.9 Å². The molecule has 8 heteroatoms. The molecular formula is C18H16ClFN2O4. The summed E-state index contributed by atoms with van der Waals surface area (Å²) in [5, 5.41) is 13.3. The van der Waals surface area contributed by atoms with Gasteiger partial charge in [-0.3, -0.25) is 9.59 Å². The summed E-state index contributed by atoms with van der Waals surface area (Å²) in [5.41, 5.74) is 0.136. The number of carbonyl (C=O) groups is 3. The first-order chi connectivity index (χ1) is 12.3. The third kappa shape index (κ3) is 4.80. The van der Waals surface area contributed by atoms with Crippen molar-refractivity contribution in [3.8, 4) is 0 Å². The van der Waals surface area contributed by atoms with Crippen LogP contribution in [0, 0.1) is 5.82 Å². The first-order valence-electron chi connectivity index (χ1n) is 7.65. The highest BCUT2D eigenvalue weighted by molar-refractivity contribution is 6.34. The molecule has 0 aliphatic heterocycles. The Hall–Kier alpha value is -2.93. The number of amides is 2. The highest BCUT2D eigenvalue weighted by Gasteiger charge is 2.24. The molecule has 0 saturated carbocycles. The zero-order valence-electron chi connectivity index (χ0n) is 13.8. The van der Waals surface area contributed by atoms with Gasteiger partial charge in [0.05, 0.1) is 16.6 Å². The van der Waals surface area contributed by atoms with Crippen LogP contribution in [-0.2, 0) is 11.2 Å². The fraction of sp³-hybridized carbons (Fsp3) is 0.167. The van der Waals surface area contributed by atoms with Crippen LogP contribution in [0.1, 0.15) is 22.8 Å². The van der Waals surface area contributed by atoms with Crippen molar-refractivity contribution in [3.05, 3.63) is 64.4 Å². The van der Waals surface area contributed by atoms with Crippen LogP contribution in [0.5, 0.6) is 0 Å². The molecule has 1 atom stereocenters. The minimum atomic E-state index is -1.38. The lowest BCUT2D eigenvalue weighted by Gasteiger charge is -2.15. The summed E-state index contributed by atoms with van der Waals surface area (Å²) < 4.78 is 14.3.